The summed E-state index contributed by atoms with van der Waals surface area (Å²) in [5, 5.41) is 5.81. The van der Waals surface area contributed by atoms with E-state index in [-0.39, 0.29) is 5.91 Å². The van der Waals surface area contributed by atoms with E-state index in [4.69, 9.17) is 4.98 Å². The van der Waals surface area contributed by atoms with Gasteiger partial charge >= 0.3 is 0 Å². The molecule has 0 bridgehead atoms. The first kappa shape index (κ1) is 17.1. The molecule has 0 saturated heterocycles. The van der Waals surface area contributed by atoms with Gasteiger partial charge in [-0.05, 0) is 11.4 Å². The highest BCUT2D eigenvalue weighted by atomic mass is 79.9. The van der Waals surface area contributed by atoms with Crippen LogP contribution < -0.4 is 5.32 Å². The third-order valence-corrected chi connectivity index (χ3v) is 5.53. The number of benzene rings is 1. The molecule has 122 valence electrons. The molecule has 3 aromatic rings. The van der Waals surface area contributed by atoms with Crippen LogP contribution >= 0.6 is 38.6 Å². The molecule has 0 aliphatic carbocycles. The Balaban J connectivity index is 1.90. The maximum atomic E-state index is 12.2. The minimum absolute atomic E-state index is 0.0309. The van der Waals surface area contributed by atoms with E-state index in [0.717, 1.165) is 30.5 Å². The predicted octanol–water partition coefficient (Wildman–Crippen LogP) is 5.11. The molecule has 0 aliphatic heterocycles. The number of amides is 1. The summed E-state index contributed by atoms with van der Waals surface area (Å²) < 4.78 is 0.753. The molecule has 2 aromatic heterocycles. The summed E-state index contributed by atoms with van der Waals surface area (Å²) in [6.07, 6.45) is 0.317. The molecule has 0 atom stereocenters. The molecular formula is C18H15BrN2OS2. The van der Waals surface area contributed by atoms with Crippen LogP contribution in [0, 0.1) is 0 Å². The number of halogens is 1. The van der Waals surface area contributed by atoms with Crippen molar-refractivity contribution in [3.05, 3.63) is 63.8 Å². The average Bonchev–Trinajstić information content (AvgIpc) is 3.23. The first-order valence-electron chi connectivity index (χ1n) is 7.32. The third-order valence-electron chi connectivity index (χ3n) is 3.27. The monoisotopic (exact) mass is 418 g/mol. The fourth-order valence-corrected chi connectivity index (χ4v) is 4.21. The topological polar surface area (TPSA) is 42.0 Å². The number of nitrogens with zero attached hydrogens (tertiary/aromatic N) is 1. The van der Waals surface area contributed by atoms with E-state index in [1.807, 2.05) is 47.8 Å². The summed E-state index contributed by atoms with van der Waals surface area (Å²) >= 11 is 6.46. The fourth-order valence-electron chi connectivity index (χ4n) is 2.18. The van der Waals surface area contributed by atoms with Crippen molar-refractivity contribution in [2.45, 2.75) is 6.42 Å². The lowest BCUT2D eigenvalue weighted by Crippen LogP contribution is -2.25. The lowest BCUT2D eigenvalue weighted by Gasteiger charge is -2.03. The van der Waals surface area contributed by atoms with E-state index >= 15 is 0 Å². The molecular weight excluding hydrogens is 404 g/mol. The highest BCUT2D eigenvalue weighted by Gasteiger charge is 2.17. The Kier molecular flexibility index (Phi) is 5.60. The molecule has 1 amide bonds. The van der Waals surface area contributed by atoms with E-state index in [0.29, 0.717) is 13.0 Å². The Hall–Kier alpha value is -1.76. The molecule has 0 unspecified atom stereocenters. The SMILES string of the molecule is C=C(Br)CNC(=O)Cc1sc(-c2ccccc2)nc1-c1cccs1. The molecule has 2 heterocycles. The second-order valence-electron chi connectivity index (χ2n) is 5.10. The predicted molar refractivity (Wildman–Crippen MR) is 106 cm³/mol. The van der Waals surface area contributed by atoms with Gasteiger partial charge in [-0.2, -0.15) is 0 Å². The number of hydrogen-bond donors (Lipinski definition) is 1. The summed E-state index contributed by atoms with van der Waals surface area (Å²) in [5.41, 5.74) is 1.97. The van der Waals surface area contributed by atoms with E-state index in [2.05, 4.69) is 27.8 Å². The summed E-state index contributed by atoms with van der Waals surface area (Å²) in [6.45, 7) is 4.16. The molecule has 0 radical (unpaired) electrons. The normalized spacial score (nSPS) is 10.5. The van der Waals surface area contributed by atoms with Crippen LogP contribution in [0.15, 0.2) is 58.9 Å². The molecule has 3 rings (SSSR count). The van der Waals surface area contributed by atoms with E-state index in [9.17, 15) is 4.79 Å². The molecule has 0 aliphatic rings. The van der Waals surface area contributed by atoms with E-state index in [1.165, 1.54) is 0 Å². The summed E-state index contributed by atoms with van der Waals surface area (Å²) in [5.74, 6) is -0.0309. The van der Waals surface area contributed by atoms with Crippen LogP contribution in [-0.4, -0.2) is 17.4 Å². The van der Waals surface area contributed by atoms with Crippen molar-refractivity contribution in [3.8, 4) is 21.1 Å². The Morgan fingerprint density at radius 2 is 2.00 bits per heavy atom. The summed E-state index contributed by atoms with van der Waals surface area (Å²) in [4.78, 5) is 19.1. The lowest BCUT2D eigenvalue weighted by atomic mass is 10.2. The van der Waals surface area contributed by atoms with Crippen LogP contribution in [0.1, 0.15) is 4.88 Å². The van der Waals surface area contributed by atoms with Gasteiger partial charge in [0.2, 0.25) is 5.91 Å². The van der Waals surface area contributed by atoms with Gasteiger partial charge in [-0.15, -0.1) is 22.7 Å². The summed E-state index contributed by atoms with van der Waals surface area (Å²) in [6, 6.07) is 14.1. The molecule has 24 heavy (non-hydrogen) atoms. The maximum absolute atomic E-state index is 12.2. The van der Waals surface area contributed by atoms with Crippen LogP contribution in [0.25, 0.3) is 21.1 Å². The fraction of sp³-hybridized carbons (Fsp3) is 0.111. The maximum Gasteiger partial charge on any atom is 0.225 e. The number of thiophene rings is 1. The van der Waals surface area contributed by atoms with Crippen molar-refractivity contribution in [2.75, 3.05) is 6.54 Å². The number of thiazole rings is 1. The van der Waals surface area contributed by atoms with Gasteiger partial charge in [0.1, 0.15) is 5.01 Å². The van der Waals surface area contributed by atoms with Crippen LogP contribution in [0.5, 0.6) is 0 Å². The van der Waals surface area contributed by atoms with Gasteiger partial charge < -0.3 is 5.32 Å². The van der Waals surface area contributed by atoms with Crippen LogP contribution in [0.3, 0.4) is 0 Å². The zero-order valence-corrected chi connectivity index (χ0v) is 16.0. The minimum Gasteiger partial charge on any atom is -0.351 e. The first-order valence-corrected chi connectivity index (χ1v) is 9.81. The number of hydrogen-bond acceptors (Lipinski definition) is 4. The highest BCUT2D eigenvalue weighted by Crippen LogP contribution is 2.36. The Morgan fingerprint density at radius 3 is 2.67 bits per heavy atom. The molecule has 1 N–H and O–H groups in total. The van der Waals surface area contributed by atoms with Crippen molar-refractivity contribution in [2.24, 2.45) is 0 Å². The lowest BCUT2D eigenvalue weighted by molar-refractivity contribution is -0.120. The van der Waals surface area contributed by atoms with E-state index < -0.39 is 0 Å². The van der Waals surface area contributed by atoms with Crippen molar-refractivity contribution in [1.82, 2.24) is 10.3 Å². The van der Waals surface area contributed by atoms with Crippen molar-refractivity contribution < 1.29 is 4.79 Å². The molecule has 0 saturated carbocycles. The quantitative estimate of drug-likeness (QED) is 0.604. The third kappa shape index (κ3) is 4.20. The van der Waals surface area contributed by atoms with Crippen molar-refractivity contribution in [1.29, 1.82) is 0 Å². The summed E-state index contributed by atoms with van der Waals surface area (Å²) in [7, 11) is 0. The minimum atomic E-state index is -0.0309. The zero-order valence-electron chi connectivity index (χ0n) is 12.8. The van der Waals surface area contributed by atoms with Gasteiger partial charge in [-0.25, -0.2) is 4.98 Å². The van der Waals surface area contributed by atoms with Crippen molar-refractivity contribution >= 4 is 44.5 Å². The second kappa shape index (κ2) is 7.88. The standard InChI is InChI=1S/C18H15BrN2OS2/c1-12(19)11-20-16(22)10-15-17(14-8-5-9-23-14)21-18(24-15)13-6-3-2-4-7-13/h2-9H,1,10-11H2,(H,20,22). The van der Waals surface area contributed by atoms with Gasteiger partial charge in [-0.3, -0.25) is 4.79 Å². The first-order chi connectivity index (χ1) is 11.6. The number of nitrogens with one attached hydrogen (secondary N) is 1. The Labute approximate surface area is 157 Å². The van der Waals surface area contributed by atoms with Crippen LogP contribution in [0.2, 0.25) is 0 Å². The Morgan fingerprint density at radius 1 is 1.21 bits per heavy atom. The van der Waals surface area contributed by atoms with E-state index in [1.54, 1.807) is 22.7 Å². The number of rotatable bonds is 6. The molecule has 6 heteroatoms. The number of carbonyl (C=O) groups excluding carboxylic acids is 1. The van der Waals surface area contributed by atoms with Gasteiger partial charge in [0.15, 0.2) is 0 Å². The van der Waals surface area contributed by atoms with Crippen molar-refractivity contribution in [3.63, 3.8) is 0 Å². The van der Waals surface area contributed by atoms with Gasteiger partial charge in [0.05, 0.1) is 17.0 Å². The molecule has 0 fully saturated rings. The van der Waals surface area contributed by atoms with Crippen LogP contribution in [-0.2, 0) is 11.2 Å². The number of aromatic nitrogens is 1. The number of carbonyl (C=O) groups is 1. The highest BCUT2D eigenvalue weighted by molar-refractivity contribution is 9.11. The molecule has 1 aromatic carbocycles. The second-order valence-corrected chi connectivity index (χ2v) is 8.26. The molecule has 0 spiro atoms. The smallest absolute Gasteiger partial charge is 0.225 e. The zero-order chi connectivity index (χ0) is 16.9. The van der Waals surface area contributed by atoms with Gasteiger partial charge in [0, 0.05) is 21.5 Å². The van der Waals surface area contributed by atoms with Gasteiger partial charge in [0.25, 0.3) is 0 Å². The Bertz CT molecular complexity index is 841. The van der Waals surface area contributed by atoms with Crippen LogP contribution in [0.4, 0.5) is 0 Å². The van der Waals surface area contributed by atoms with Gasteiger partial charge in [-0.1, -0.05) is 58.9 Å². The molecule has 3 nitrogen and oxygen atoms in total. The average molecular weight is 419 g/mol. The largest absolute Gasteiger partial charge is 0.351 e.